The summed E-state index contributed by atoms with van der Waals surface area (Å²) in [5, 5.41) is 11.8. The Morgan fingerprint density at radius 3 is 2.86 bits per heavy atom. The highest BCUT2D eigenvalue weighted by Gasteiger charge is 2.34. The van der Waals surface area contributed by atoms with Crippen molar-refractivity contribution in [3.63, 3.8) is 0 Å². The average molecular weight is 190 g/mol. The van der Waals surface area contributed by atoms with E-state index in [2.05, 4.69) is 5.32 Å². The van der Waals surface area contributed by atoms with Crippen LogP contribution in [0.1, 0.15) is 32.6 Å². The van der Waals surface area contributed by atoms with Crippen molar-refractivity contribution in [2.75, 3.05) is 0 Å². The van der Waals surface area contributed by atoms with Gasteiger partial charge in [0.05, 0.1) is 0 Å². The van der Waals surface area contributed by atoms with Gasteiger partial charge < -0.3 is 5.32 Å². The van der Waals surface area contributed by atoms with Crippen molar-refractivity contribution >= 4 is 5.91 Å². The highest BCUT2D eigenvalue weighted by Crippen LogP contribution is 2.34. The maximum absolute atomic E-state index is 11.5. The van der Waals surface area contributed by atoms with Gasteiger partial charge in [0.25, 0.3) is 5.91 Å². The van der Waals surface area contributed by atoms with Crippen LogP contribution in [0.2, 0.25) is 0 Å². The third-order valence-corrected chi connectivity index (χ3v) is 3.37. The van der Waals surface area contributed by atoms with E-state index in [-0.39, 0.29) is 11.9 Å². The minimum atomic E-state index is -0.173. The standard InChI is InChI=1S/C11H14N2O/c1-7-8-4-2-3-5-10(8)13-11(14)9(7)6-12/h8,10H,2-5H2,1H3,(H,13,14). The Morgan fingerprint density at radius 2 is 2.14 bits per heavy atom. The second-order valence-corrected chi connectivity index (χ2v) is 4.14. The first kappa shape index (κ1) is 9.26. The molecule has 0 saturated heterocycles. The number of nitriles is 1. The molecule has 0 aromatic carbocycles. The molecule has 1 saturated carbocycles. The number of hydrogen-bond acceptors (Lipinski definition) is 2. The van der Waals surface area contributed by atoms with Crippen molar-refractivity contribution in [3.05, 3.63) is 11.1 Å². The smallest absolute Gasteiger partial charge is 0.262 e. The molecule has 3 heteroatoms. The molecule has 74 valence electrons. The first-order valence-electron chi connectivity index (χ1n) is 5.15. The van der Waals surface area contributed by atoms with Crippen molar-refractivity contribution in [1.29, 1.82) is 5.26 Å². The van der Waals surface area contributed by atoms with Crippen LogP contribution in [-0.2, 0) is 4.79 Å². The van der Waals surface area contributed by atoms with E-state index in [0.29, 0.717) is 11.5 Å². The molecule has 1 aliphatic heterocycles. The Balaban J connectivity index is 2.34. The van der Waals surface area contributed by atoms with Gasteiger partial charge >= 0.3 is 0 Å². The lowest BCUT2D eigenvalue weighted by Crippen LogP contribution is -2.47. The lowest BCUT2D eigenvalue weighted by Gasteiger charge is -2.36. The van der Waals surface area contributed by atoms with Crippen molar-refractivity contribution < 1.29 is 4.79 Å². The lowest BCUT2D eigenvalue weighted by atomic mass is 9.76. The molecule has 0 bridgehead atoms. The number of carbonyl (C=O) groups excluding carboxylic acids is 1. The summed E-state index contributed by atoms with van der Waals surface area (Å²) >= 11 is 0. The molecular weight excluding hydrogens is 176 g/mol. The molecule has 1 N–H and O–H groups in total. The topological polar surface area (TPSA) is 52.9 Å². The zero-order chi connectivity index (χ0) is 10.1. The third-order valence-electron chi connectivity index (χ3n) is 3.37. The zero-order valence-electron chi connectivity index (χ0n) is 8.34. The normalized spacial score (nSPS) is 31.9. The molecule has 0 spiro atoms. The summed E-state index contributed by atoms with van der Waals surface area (Å²) in [7, 11) is 0. The summed E-state index contributed by atoms with van der Waals surface area (Å²) in [6.45, 7) is 1.93. The Kier molecular flexibility index (Phi) is 2.28. The van der Waals surface area contributed by atoms with Crippen LogP contribution in [0.15, 0.2) is 11.1 Å². The third kappa shape index (κ3) is 1.31. The van der Waals surface area contributed by atoms with Crippen molar-refractivity contribution in [2.24, 2.45) is 5.92 Å². The van der Waals surface area contributed by atoms with Gasteiger partial charge in [-0.2, -0.15) is 5.26 Å². The molecule has 2 unspecified atom stereocenters. The SMILES string of the molecule is CC1=C(C#N)C(=O)NC2CCCCC12. The van der Waals surface area contributed by atoms with E-state index in [1.807, 2.05) is 13.0 Å². The number of amides is 1. The molecule has 2 atom stereocenters. The fourth-order valence-corrected chi connectivity index (χ4v) is 2.57. The van der Waals surface area contributed by atoms with Crippen LogP contribution in [0, 0.1) is 17.2 Å². The molecule has 1 fully saturated rings. The average Bonchev–Trinajstić information content (AvgIpc) is 2.18. The van der Waals surface area contributed by atoms with Gasteiger partial charge in [-0.15, -0.1) is 0 Å². The number of carbonyl (C=O) groups is 1. The minimum absolute atomic E-state index is 0.173. The van der Waals surface area contributed by atoms with E-state index in [0.717, 1.165) is 18.4 Å². The van der Waals surface area contributed by atoms with E-state index in [1.54, 1.807) is 0 Å². The zero-order valence-corrected chi connectivity index (χ0v) is 8.34. The number of fused-ring (bicyclic) bond motifs is 1. The summed E-state index contributed by atoms with van der Waals surface area (Å²) in [5.41, 5.74) is 1.34. The fourth-order valence-electron chi connectivity index (χ4n) is 2.57. The van der Waals surface area contributed by atoms with Crippen LogP contribution in [0.25, 0.3) is 0 Å². The quantitative estimate of drug-likeness (QED) is 0.629. The van der Waals surface area contributed by atoms with Crippen LogP contribution in [0.5, 0.6) is 0 Å². The Labute approximate surface area is 83.8 Å². The molecule has 1 amide bonds. The van der Waals surface area contributed by atoms with Crippen molar-refractivity contribution in [3.8, 4) is 6.07 Å². The highest BCUT2D eigenvalue weighted by molar-refractivity contribution is 5.99. The Morgan fingerprint density at radius 1 is 1.43 bits per heavy atom. The number of rotatable bonds is 0. The Hall–Kier alpha value is -1.30. The minimum Gasteiger partial charge on any atom is -0.348 e. The largest absolute Gasteiger partial charge is 0.348 e. The van der Waals surface area contributed by atoms with E-state index in [9.17, 15) is 4.79 Å². The van der Waals surface area contributed by atoms with Gasteiger partial charge in [-0.25, -0.2) is 0 Å². The van der Waals surface area contributed by atoms with Crippen LogP contribution >= 0.6 is 0 Å². The fraction of sp³-hybridized carbons (Fsp3) is 0.636. The van der Waals surface area contributed by atoms with Gasteiger partial charge in [0.1, 0.15) is 11.6 Å². The van der Waals surface area contributed by atoms with Gasteiger partial charge in [0.15, 0.2) is 0 Å². The van der Waals surface area contributed by atoms with E-state index in [4.69, 9.17) is 5.26 Å². The van der Waals surface area contributed by atoms with Gasteiger partial charge in [0.2, 0.25) is 0 Å². The highest BCUT2D eigenvalue weighted by atomic mass is 16.1. The second kappa shape index (κ2) is 3.45. The predicted molar refractivity (Wildman–Crippen MR) is 52.2 cm³/mol. The van der Waals surface area contributed by atoms with Gasteiger partial charge in [-0.1, -0.05) is 12.8 Å². The number of nitrogens with one attached hydrogen (secondary N) is 1. The first-order chi connectivity index (χ1) is 6.74. The van der Waals surface area contributed by atoms with Crippen LogP contribution < -0.4 is 5.32 Å². The summed E-state index contributed by atoms with van der Waals surface area (Å²) in [4.78, 5) is 11.5. The van der Waals surface area contributed by atoms with Crippen molar-refractivity contribution in [2.45, 2.75) is 38.6 Å². The molecule has 14 heavy (non-hydrogen) atoms. The maximum Gasteiger partial charge on any atom is 0.262 e. The second-order valence-electron chi connectivity index (χ2n) is 4.14. The lowest BCUT2D eigenvalue weighted by molar-refractivity contribution is -0.119. The summed E-state index contributed by atoms with van der Waals surface area (Å²) < 4.78 is 0. The molecular formula is C11H14N2O. The first-order valence-corrected chi connectivity index (χ1v) is 5.15. The number of hydrogen-bond donors (Lipinski definition) is 1. The molecule has 2 aliphatic rings. The predicted octanol–water partition coefficient (Wildman–Crippen LogP) is 1.52. The van der Waals surface area contributed by atoms with Gasteiger partial charge in [-0.05, 0) is 25.3 Å². The van der Waals surface area contributed by atoms with Crippen LogP contribution in [0.4, 0.5) is 0 Å². The molecule has 3 nitrogen and oxygen atoms in total. The molecule has 0 radical (unpaired) electrons. The maximum atomic E-state index is 11.5. The van der Waals surface area contributed by atoms with Gasteiger partial charge in [-0.3, -0.25) is 4.79 Å². The molecule has 2 rings (SSSR count). The summed E-state index contributed by atoms with van der Waals surface area (Å²) in [5.74, 6) is 0.240. The van der Waals surface area contributed by atoms with Crippen molar-refractivity contribution in [1.82, 2.24) is 5.32 Å². The summed E-state index contributed by atoms with van der Waals surface area (Å²) in [6, 6.07) is 2.29. The number of nitrogens with zero attached hydrogens (tertiary/aromatic N) is 1. The van der Waals surface area contributed by atoms with Gasteiger partial charge in [0, 0.05) is 12.0 Å². The summed E-state index contributed by atoms with van der Waals surface area (Å²) in [6.07, 6.45) is 4.58. The molecule has 1 aliphatic carbocycles. The molecule has 0 aromatic heterocycles. The van der Waals surface area contributed by atoms with Crippen LogP contribution in [-0.4, -0.2) is 11.9 Å². The monoisotopic (exact) mass is 190 g/mol. The molecule has 0 aromatic rings. The van der Waals surface area contributed by atoms with E-state index >= 15 is 0 Å². The Bertz CT molecular complexity index is 338. The van der Waals surface area contributed by atoms with Crippen LogP contribution in [0.3, 0.4) is 0 Å². The van der Waals surface area contributed by atoms with E-state index < -0.39 is 0 Å². The van der Waals surface area contributed by atoms with E-state index in [1.165, 1.54) is 12.8 Å². The molecule has 1 heterocycles.